The molecule has 0 aliphatic carbocycles. The fraction of sp³-hybridized carbons (Fsp3) is 0.500. The second kappa shape index (κ2) is 7.69. The van der Waals surface area contributed by atoms with Crippen molar-refractivity contribution in [1.29, 1.82) is 0 Å². The fourth-order valence-corrected chi connectivity index (χ4v) is 3.87. The average Bonchev–Trinajstić information content (AvgIpc) is 2.59. The highest BCUT2D eigenvalue weighted by atomic mass is 16.3. The number of aryl methyl sites for hydroxylation is 1. The molecule has 0 amide bonds. The van der Waals surface area contributed by atoms with Crippen molar-refractivity contribution >= 4 is 17.8 Å². The molecule has 24 heavy (non-hydrogen) atoms. The van der Waals surface area contributed by atoms with Gasteiger partial charge in [0.2, 0.25) is 0 Å². The van der Waals surface area contributed by atoms with Crippen LogP contribution in [0.1, 0.15) is 42.9 Å². The van der Waals surface area contributed by atoms with Crippen LogP contribution in [0.25, 0.3) is 10.8 Å². The van der Waals surface area contributed by atoms with Gasteiger partial charge in [0.05, 0.1) is 6.10 Å². The third-order valence-corrected chi connectivity index (χ3v) is 5.46. The van der Waals surface area contributed by atoms with Gasteiger partial charge in [-0.05, 0) is 74.8 Å². The Balaban J connectivity index is 1.62. The Morgan fingerprint density at radius 1 is 1.21 bits per heavy atom. The zero-order valence-electron chi connectivity index (χ0n) is 14.8. The van der Waals surface area contributed by atoms with Crippen molar-refractivity contribution in [1.82, 2.24) is 4.81 Å². The van der Waals surface area contributed by atoms with E-state index < -0.39 is 6.10 Å². The molecule has 2 aromatic rings. The summed E-state index contributed by atoms with van der Waals surface area (Å²) in [5, 5.41) is 22.7. The molecule has 1 unspecified atom stereocenters. The molecule has 3 rings (SSSR count). The number of hydrogen-bond acceptors (Lipinski definition) is 3. The maximum atomic E-state index is 10.7. The van der Waals surface area contributed by atoms with Crippen molar-refractivity contribution in [2.45, 2.75) is 45.5 Å². The number of nitrogens with zero attached hydrogens (tertiary/aromatic N) is 1. The van der Waals surface area contributed by atoms with E-state index in [1.165, 1.54) is 16.3 Å². The molecular weight excluding hydrogens is 297 g/mol. The number of hydrogen-bond donors (Lipinski definition) is 2. The van der Waals surface area contributed by atoms with Crippen LogP contribution in [-0.4, -0.2) is 35.1 Å². The topological polar surface area (TPSA) is 43.7 Å². The number of benzene rings is 2. The van der Waals surface area contributed by atoms with E-state index in [0.717, 1.165) is 44.3 Å². The van der Waals surface area contributed by atoms with Crippen LogP contribution in [0.2, 0.25) is 6.82 Å². The summed E-state index contributed by atoms with van der Waals surface area (Å²) >= 11 is 0. The van der Waals surface area contributed by atoms with Crippen LogP contribution >= 0.6 is 0 Å². The molecule has 1 fully saturated rings. The first-order chi connectivity index (χ1) is 11.5. The van der Waals surface area contributed by atoms with Crippen molar-refractivity contribution in [2.24, 2.45) is 5.92 Å². The van der Waals surface area contributed by atoms with Gasteiger partial charge in [-0.3, -0.25) is 0 Å². The fourth-order valence-electron chi connectivity index (χ4n) is 3.87. The molecule has 0 aromatic heterocycles. The monoisotopic (exact) mass is 325 g/mol. The van der Waals surface area contributed by atoms with Gasteiger partial charge in [0.25, 0.3) is 0 Å². The van der Waals surface area contributed by atoms with Gasteiger partial charge in [-0.15, -0.1) is 0 Å². The van der Waals surface area contributed by atoms with Gasteiger partial charge in [-0.2, -0.15) is 0 Å². The van der Waals surface area contributed by atoms with E-state index >= 15 is 0 Å². The van der Waals surface area contributed by atoms with Crippen LogP contribution in [0.15, 0.2) is 36.4 Å². The molecule has 1 saturated heterocycles. The standard InChI is InChI=1S/C20H28BNO2/c1-15-6-8-17-4-3-5-18(19(17)14-15)20(23)9-7-16-10-12-22(13-11-16)21(2)24/h3-6,8,14,16,20,23-24H,7,9-13H2,1-2H3. The van der Waals surface area contributed by atoms with Gasteiger partial charge in [-0.25, -0.2) is 0 Å². The highest BCUT2D eigenvalue weighted by molar-refractivity contribution is 6.45. The average molecular weight is 325 g/mol. The van der Waals surface area contributed by atoms with Crippen molar-refractivity contribution in [2.75, 3.05) is 13.1 Å². The Morgan fingerprint density at radius 3 is 2.67 bits per heavy atom. The summed E-state index contributed by atoms with van der Waals surface area (Å²) in [7, 11) is -0.338. The zero-order chi connectivity index (χ0) is 17.1. The van der Waals surface area contributed by atoms with Crippen LogP contribution in [0.4, 0.5) is 0 Å². The lowest BCUT2D eigenvalue weighted by Crippen LogP contribution is -2.42. The molecular formula is C20H28BNO2. The summed E-state index contributed by atoms with van der Waals surface area (Å²) in [4.78, 5) is 2.13. The number of rotatable bonds is 5. The number of aliphatic hydroxyl groups excluding tert-OH is 1. The van der Waals surface area contributed by atoms with E-state index in [1.807, 2.05) is 12.9 Å². The Kier molecular flexibility index (Phi) is 5.59. The van der Waals surface area contributed by atoms with Gasteiger partial charge in [0, 0.05) is 0 Å². The molecule has 3 nitrogen and oxygen atoms in total. The zero-order valence-corrected chi connectivity index (χ0v) is 14.8. The lowest BCUT2D eigenvalue weighted by atomic mass is 9.80. The minimum absolute atomic E-state index is 0.338. The maximum absolute atomic E-state index is 10.7. The molecule has 128 valence electrons. The molecule has 0 bridgehead atoms. The molecule has 0 spiro atoms. The highest BCUT2D eigenvalue weighted by Gasteiger charge is 2.24. The number of aliphatic hydroxyl groups is 1. The Morgan fingerprint density at radius 2 is 1.96 bits per heavy atom. The Hall–Kier alpha value is -1.36. The largest absolute Gasteiger partial charge is 0.437 e. The summed E-state index contributed by atoms with van der Waals surface area (Å²) in [6.07, 6.45) is 3.70. The molecule has 1 atom stereocenters. The third-order valence-electron chi connectivity index (χ3n) is 5.46. The van der Waals surface area contributed by atoms with Crippen LogP contribution in [0.3, 0.4) is 0 Å². The van der Waals surface area contributed by atoms with E-state index in [-0.39, 0.29) is 7.05 Å². The van der Waals surface area contributed by atoms with Crippen molar-refractivity contribution < 1.29 is 10.1 Å². The van der Waals surface area contributed by atoms with E-state index in [4.69, 9.17) is 0 Å². The highest BCUT2D eigenvalue weighted by Crippen LogP contribution is 2.31. The molecule has 0 saturated carbocycles. The molecule has 2 aromatic carbocycles. The molecule has 0 radical (unpaired) electrons. The summed E-state index contributed by atoms with van der Waals surface area (Å²) in [6.45, 7) is 5.86. The number of piperidine rings is 1. The van der Waals surface area contributed by atoms with Gasteiger partial charge in [-0.1, -0.05) is 42.0 Å². The predicted molar refractivity (Wildman–Crippen MR) is 101 cm³/mol. The van der Waals surface area contributed by atoms with Crippen LogP contribution < -0.4 is 0 Å². The minimum Gasteiger partial charge on any atom is -0.437 e. The normalized spacial score (nSPS) is 18.0. The first kappa shape index (κ1) is 17.5. The van der Waals surface area contributed by atoms with E-state index in [1.54, 1.807) is 0 Å². The minimum atomic E-state index is -0.398. The lowest BCUT2D eigenvalue weighted by molar-refractivity contribution is 0.147. The van der Waals surface area contributed by atoms with Crippen LogP contribution in [0, 0.1) is 12.8 Å². The molecule has 1 aliphatic heterocycles. The molecule has 1 aliphatic rings. The van der Waals surface area contributed by atoms with Gasteiger partial charge in [0.1, 0.15) is 0 Å². The SMILES string of the molecule is CB(O)N1CCC(CCC(O)c2cccc3ccc(C)cc23)CC1. The Bertz CT molecular complexity index is 680. The smallest absolute Gasteiger partial charge is 0.376 e. The van der Waals surface area contributed by atoms with Crippen LogP contribution in [0.5, 0.6) is 0 Å². The predicted octanol–water partition coefficient (Wildman–Crippen LogP) is 3.78. The summed E-state index contributed by atoms with van der Waals surface area (Å²) < 4.78 is 0. The maximum Gasteiger partial charge on any atom is 0.376 e. The Labute approximate surface area is 145 Å². The van der Waals surface area contributed by atoms with E-state index in [2.05, 4.69) is 42.1 Å². The first-order valence-corrected chi connectivity index (χ1v) is 9.14. The third kappa shape index (κ3) is 4.00. The second-order valence-electron chi connectivity index (χ2n) is 7.28. The quantitative estimate of drug-likeness (QED) is 0.822. The second-order valence-corrected chi connectivity index (χ2v) is 7.28. The van der Waals surface area contributed by atoms with Gasteiger partial charge >= 0.3 is 7.05 Å². The molecule has 4 heteroatoms. The van der Waals surface area contributed by atoms with E-state index in [0.29, 0.717) is 5.92 Å². The lowest BCUT2D eigenvalue weighted by Gasteiger charge is -2.33. The summed E-state index contributed by atoms with van der Waals surface area (Å²) in [5.41, 5.74) is 2.28. The summed E-state index contributed by atoms with van der Waals surface area (Å²) in [6, 6.07) is 12.6. The van der Waals surface area contributed by atoms with E-state index in [9.17, 15) is 10.1 Å². The van der Waals surface area contributed by atoms with Crippen molar-refractivity contribution in [3.8, 4) is 0 Å². The summed E-state index contributed by atoms with van der Waals surface area (Å²) in [5.74, 6) is 0.659. The van der Waals surface area contributed by atoms with Gasteiger partial charge in [0.15, 0.2) is 0 Å². The first-order valence-electron chi connectivity index (χ1n) is 9.14. The van der Waals surface area contributed by atoms with Crippen molar-refractivity contribution in [3.63, 3.8) is 0 Å². The van der Waals surface area contributed by atoms with Crippen molar-refractivity contribution in [3.05, 3.63) is 47.5 Å². The van der Waals surface area contributed by atoms with Gasteiger partial charge < -0.3 is 14.9 Å². The molecule has 1 heterocycles. The number of fused-ring (bicyclic) bond motifs is 1. The molecule has 2 N–H and O–H groups in total. The van der Waals surface area contributed by atoms with Crippen LogP contribution in [-0.2, 0) is 0 Å².